The van der Waals surface area contributed by atoms with E-state index in [9.17, 15) is 19.5 Å². The van der Waals surface area contributed by atoms with Crippen LogP contribution in [0.5, 0.6) is 17.2 Å². The Morgan fingerprint density at radius 1 is 1.24 bits per heavy atom. The van der Waals surface area contributed by atoms with Crippen LogP contribution in [0, 0.1) is 6.92 Å². The summed E-state index contributed by atoms with van der Waals surface area (Å²) >= 11 is 4.12. The summed E-state index contributed by atoms with van der Waals surface area (Å²) in [7, 11) is 1.46. The van der Waals surface area contributed by atoms with E-state index in [0.29, 0.717) is 33.9 Å². The average molecular weight is 555 g/mol. The summed E-state index contributed by atoms with van der Waals surface area (Å²) in [4.78, 5) is 39.3. The molecule has 1 aromatic carbocycles. The lowest BCUT2D eigenvalue weighted by atomic mass is 9.87. The molecular formula is C25H34N2O10S. The number of fused-ring (bicyclic) bond motifs is 3. The van der Waals surface area contributed by atoms with Crippen LogP contribution in [-0.4, -0.2) is 79.2 Å². The van der Waals surface area contributed by atoms with Gasteiger partial charge < -0.3 is 38.8 Å². The van der Waals surface area contributed by atoms with Gasteiger partial charge in [0.15, 0.2) is 11.5 Å². The van der Waals surface area contributed by atoms with Crippen molar-refractivity contribution in [1.82, 2.24) is 10.2 Å². The number of aliphatic hydroxyl groups excluding tert-OH is 1. The number of benzene rings is 1. The molecule has 0 fully saturated rings. The number of carbonyl (C=O) groups is 3. The highest BCUT2D eigenvalue weighted by molar-refractivity contribution is 7.80. The van der Waals surface area contributed by atoms with Crippen molar-refractivity contribution < 1.29 is 47.9 Å². The Kier molecular flexibility index (Phi) is 9.26. The first-order valence-corrected chi connectivity index (χ1v) is 12.6. The molecule has 3 atom stereocenters. The van der Waals surface area contributed by atoms with Gasteiger partial charge in [0.25, 0.3) is 0 Å². The smallest absolute Gasteiger partial charge is 0.411 e. The standard InChI is InChI=1S/C25H34N2O10S/c1-7-8-33-23(30)26-14(11-38)22(29)34-10-15-17-18(16(28)9-27(15)24(31)37-25(3,4)5)19(32-6)13(2)20-21(17)36-12-35-20/h7,14-16,28,38H,1,8-12H2,2-6H3,(H,26,30)/t14-,15-,16-/m0/s1. The van der Waals surface area contributed by atoms with Crippen molar-refractivity contribution in [1.29, 1.82) is 0 Å². The number of nitrogens with zero attached hydrogens (tertiary/aromatic N) is 1. The van der Waals surface area contributed by atoms with Gasteiger partial charge in [-0.2, -0.15) is 12.6 Å². The number of esters is 1. The lowest BCUT2D eigenvalue weighted by molar-refractivity contribution is -0.147. The summed E-state index contributed by atoms with van der Waals surface area (Å²) < 4.78 is 33.0. The SMILES string of the molecule is C=CCOC(=O)N[C@@H](CS)C(=O)OC[C@H]1c2c3c(c(C)c(OC)c2[C@@H](O)CN1C(=O)OC(C)(C)C)OCO3. The summed E-state index contributed by atoms with van der Waals surface area (Å²) in [6, 6.07) is -2.07. The van der Waals surface area contributed by atoms with E-state index in [2.05, 4.69) is 24.5 Å². The fraction of sp³-hybridized carbons (Fsp3) is 0.560. The Morgan fingerprint density at radius 2 is 1.92 bits per heavy atom. The summed E-state index contributed by atoms with van der Waals surface area (Å²) in [6.45, 7) is 9.72. The van der Waals surface area contributed by atoms with Crippen molar-refractivity contribution in [2.24, 2.45) is 0 Å². The number of alkyl carbamates (subject to hydrolysis) is 1. The van der Waals surface area contributed by atoms with Crippen LogP contribution in [0.25, 0.3) is 0 Å². The van der Waals surface area contributed by atoms with E-state index in [-0.39, 0.29) is 32.3 Å². The average Bonchev–Trinajstić information content (AvgIpc) is 3.34. The van der Waals surface area contributed by atoms with Gasteiger partial charge in [0.1, 0.15) is 36.7 Å². The van der Waals surface area contributed by atoms with Gasteiger partial charge in [-0.25, -0.2) is 14.4 Å². The molecule has 0 aromatic heterocycles. The van der Waals surface area contributed by atoms with Crippen LogP contribution in [0.4, 0.5) is 9.59 Å². The number of methoxy groups -OCH3 is 1. The number of hydrogen-bond acceptors (Lipinski definition) is 11. The zero-order valence-electron chi connectivity index (χ0n) is 22.1. The molecule has 3 rings (SSSR count). The van der Waals surface area contributed by atoms with Gasteiger partial charge in [-0.15, -0.1) is 0 Å². The van der Waals surface area contributed by atoms with Crippen LogP contribution in [0.15, 0.2) is 12.7 Å². The van der Waals surface area contributed by atoms with Crippen LogP contribution >= 0.6 is 12.6 Å². The van der Waals surface area contributed by atoms with Crippen LogP contribution in [0.2, 0.25) is 0 Å². The lowest BCUT2D eigenvalue weighted by Crippen LogP contribution is -2.48. The maximum atomic E-state index is 13.2. The molecule has 0 saturated carbocycles. The molecule has 2 amide bonds. The van der Waals surface area contributed by atoms with Gasteiger partial charge in [0.2, 0.25) is 6.79 Å². The third kappa shape index (κ3) is 6.21. The van der Waals surface area contributed by atoms with Gasteiger partial charge in [0.05, 0.1) is 19.7 Å². The largest absolute Gasteiger partial charge is 0.496 e. The van der Waals surface area contributed by atoms with Crippen molar-refractivity contribution in [3.63, 3.8) is 0 Å². The third-order valence-corrected chi connectivity index (χ3v) is 6.16. The Morgan fingerprint density at radius 3 is 2.53 bits per heavy atom. The fourth-order valence-electron chi connectivity index (χ4n) is 4.25. The second kappa shape index (κ2) is 12.0. The summed E-state index contributed by atoms with van der Waals surface area (Å²) in [5.74, 6) is 0.201. The van der Waals surface area contributed by atoms with Crippen LogP contribution in [0.3, 0.4) is 0 Å². The third-order valence-electron chi connectivity index (χ3n) is 5.79. The summed E-state index contributed by atoms with van der Waals surface area (Å²) in [5, 5.41) is 13.5. The zero-order chi connectivity index (χ0) is 28.2. The first kappa shape index (κ1) is 29.2. The zero-order valence-corrected chi connectivity index (χ0v) is 23.0. The molecular weight excluding hydrogens is 520 g/mol. The number of aliphatic hydroxyl groups is 1. The van der Waals surface area contributed by atoms with E-state index in [0.717, 1.165) is 0 Å². The van der Waals surface area contributed by atoms with E-state index >= 15 is 0 Å². The molecule has 0 radical (unpaired) electrons. The molecule has 12 nitrogen and oxygen atoms in total. The monoisotopic (exact) mass is 554 g/mol. The first-order valence-electron chi connectivity index (χ1n) is 11.9. The normalized spacial score (nSPS) is 18.7. The van der Waals surface area contributed by atoms with Gasteiger partial charge in [-0.1, -0.05) is 12.7 Å². The van der Waals surface area contributed by atoms with Crippen molar-refractivity contribution >= 4 is 30.8 Å². The van der Waals surface area contributed by atoms with Crippen LogP contribution in [-0.2, 0) is 19.0 Å². The number of amides is 2. The van der Waals surface area contributed by atoms with Gasteiger partial charge >= 0.3 is 18.2 Å². The van der Waals surface area contributed by atoms with Gasteiger partial charge in [-0.3, -0.25) is 4.90 Å². The molecule has 210 valence electrons. The number of thiol groups is 1. The van der Waals surface area contributed by atoms with E-state index < -0.39 is 41.9 Å². The number of hydrogen-bond donors (Lipinski definition) is 3. The summed E-state index contributed by atoms with van der Waals surface area (Å²) in [5.41, 5.74) is 0.560. The molecule has 2 aliphatic rings. The van der Waals surface area contributed by atoms with Gasteiger partial charge in [-0.05, 0) is 27.7 Å². The second-order valence-electron chi connectivity index (χ2n) is 9.61. The highest BCUT2D eigenvalue weighted by atomic mass is 32.1. The number of β-amino-alcohol motifs (C(OH)–C–C–N with tert-alkyl or cyclic N) is 1. The van der Waals surface area contributed by atoms with Crippen LogP contribution in [0.1, 0.15) is 49.6 Å². The molecule has 0 saturated heterocycles. The Labute approximate surface area is 226 Å². The highest BCUT2D eigenvalue weighted by Gasteiger charge is 2.45. The van der Waals surface area contributed by atoms with Crippen molar-refractivity contribution in [2.45, 2.75) is 51.5 Å². The number of nitrogens with one attached hydrogen (secondary N) is 1. The maximum Gasteiger partial charge on any atom is 0.411 e. The van der Waals surface area contributed by atoms with Crippen molar-refractivity contribution in [3.8, 4) is 17.2 Å². The molecule has 13 heteroatoms. The lowest BCUT2D eigenvalue weighted by Gasteiger charge is -2.40. The number of ether oxygens (including phenoxy) is 6. The predicted octanol–water partition coefficient (Wildman–Crippen LogP) is 2.81. The molecule has 0 bridgehead atoms. The minimum Gasteiger partial charge on any atom is -0.496 e. The highest BCUT2D eigenvalue weighted by Crippen LogP contribution is 2.53. The van der Waals surface area contributed by atoms with Crippen molar-refractivity contribution in [2.75, 3.05) is 39.4 Å². The van der Waals surface area contributed by atoms with E-state index in [1.165, 1.54) is 18.1 Å². The molecule has 0 unspecified atom stereocenters. The molecule has 2 N–H and O–H groups in total. The Balaban J connectivity index is 1.98. The fourth-order valence-corrected chi connectivity index (χ4v) is 4.49. The summed E-state index contributed by atoms with van der Waals surface area (Å²) in [6.07, 6.45) is -1.34. The van der Waals surface area contributed by atoms with Crippen molar-refractivity contribution in [3.05, 3.63) is 29.3 Å². The van der Waals surface area contributed by atoms with E-state index in [1.54, 1.807) is 27.7 Å². The molecule has 2 aliphatic heterocycles. The number of rotatable bonds is 8. The topological polar surface area (TPSA) is 142 Å². The Hall–Kier alpha value is -3.32. The first-order chi connectivity index (χ1) is 17.9. The molecule has 0 spiro atoms. The Bertz CT molecular complexity index is 1090. The second-order valence-corrected chi connectivity index (χ2v) is 9.98. The minimum atomic E-state index is -1.15. The van der Waals surface area contributed by atoms with E-state index in [1.807, 2.05) is 0 Å². The van der Waals surface area contributed by atoms with Crippen LogP contribution < -0.4 is 19.5 Å². The number of carbonyl (C=O) groups excluding carboxylic acids is 3. The molecule has 1 aromatic rings. The minimum absolute atomic E-state index is 0.0410. The predicted molar refractivity (Wildman–Crippen MR) is 138 cm³/mol. The van der Waals surface area contributed by atoms with E-state index in [4.69, 9.17) is 28.4 Å². The molecule has 0 aliphatic carbocycles. The van der Waals surface area contributed by atoms with Gasteiger partial charge in [0, 0.05) is 22.4 Å². The molecule has 38 heavy (non-hydrogen) atoms. The maximum absolute atomic E-state index is 13.2. The molecule has 2 heterocycles. The quantitative estimate of drug-likeness (QED) is 0.190.